The molecule has 1 N–H and O–H groups in total. The van der Waals surface area contributed by atoms with Gasteiger partial charge in [0.15, 0.2) is 6.61 Å². The normalized spacial score (nSPS) is 12.7. The molecular weight excluding hydrogens is 468 g/mol. The van der Waals surface area contributed by atoms with Gasteiger partial charge < -0.3 is 15.0 Å². The number of hydrogen-bond acceptors (Lipinski definition) is 3. The largest absolute Gasteiger partial charge is 0.482 e. The van der Waals surface area contributed by atoms with Gasteiger partial charge in [0.1, 0.15) is 11.8 Å². The lowest BCUT2D eigenvalue weighted by atomic mass is 10.1. The van der Waals surface area contributed by atoms with Gasteiger partial charge in [-0.15, -0.1) is 0 Å². The van der Waals surface area contributed by atoms with Crippen molar-refractivity contribution >= 4 is 39.3 Å². The molecule has 2 amide bonds. The molecule has 0 unspecified atom stereocenters. The Labute approximate surface area is 191 Å². The van der Waals surface area contributed by atoms with E-state index in [4.69, 9.17) is 16.3 Å². The fourth-order valence-corrected chi connectivity index (χ4v) is 3.68. The minimum Gasteiger partial charge on any atom is -0.482 e. The van der Waals surface area contributed by atoms with Gasteiger partial charge in [0.2, 0.25) is 5.91 Å². The molecule has 0 aliphatic rings. The van der Waals surface area contributed by atoms with Crippen LogP contribution in [0.15, 0.2) is 53.0 Å². The lowest BCUT2D eigenvalue weighted by Gasteiger charge is -2.31. The molecule has 0 bridgehead atoms. The zero-order chi connectivity index (χ0) is 22.1. The van der Waals surface area contributed by atoms with Gasteiger partial charge in [0.05, 0.1) is 5.02 Å². The number of carbonyl (C=O) groups is 2. The van der Waals surface area contributed by atoms with E-state index in [0.717, 1.165) is 16.5 Å². The molecule has 2 atom stereocenters. The van der Waals surface area contributed by atoms with Gasteiger partial charge in [0, 0.05) is 17.1 Å². The summed E-state index contributed by atoms with van der Waals surface area (Å²) in [5.41, 5.74) is 0.947. The van der Waals surface area contributed by atoms with E-state index in [1.54, 1.807) is 23.1 Å². The molecule has 5 nitrogen and oxygen atoms in total. The average Bonchev–Trinajstić information content (AvgIpc) is 2.73. The Bertz CT molecular complexity index is 848. The highest BCUT2D eigenvalue weighted by molar-refractivity contribution is 9.10. The van der Waals surface area contributed by atoms with Crippen molar-refractivity contribution in [3.8, 4) is 5.75 Å². The number of amides is 2. The molecule has 0 aromatic heterocycles. The van der Waals surface area contributed by atoms with Crippen molar-refractivity contribution < 1.29 is 14.3 Å². The number of rotatable bonds is 10. The lowest BCUT2D eigenvalue weighted by molar-refractivity contribution is -0.143. The van der Waals surface area contributed by atoms with Crippen molar-refractivity contribution in [2.75, 3.05) is 6.61 Å². The molecule has 0 saturated carbocycles. The number of ether oxygens (including phenoxy) is 1. The summed E-state index contributed by atoms with van der Waals surface area (Å²) in [7, 11) is 0. The van der Waals surface area contributed by atoms with Crippen molar-refractivity contribution in [1.29, 1.82) is 0 Å². The smallest absolute Gasteiger partial charge is 0.261 e. The van der Waals surface area contributed by atoms with E-state index < -0.39 is 6.04 Å². The Morgan fingerprint density at radius 3 is 2.43 bits per heavy atom. The summed E-state index contributed by atoms with van der Waals surface area (Å²) >= 11 is 9.54. The zero-order valence-electron chi connectivity index (χ0n) is 17.5. The van der Waals surface area contributed by atoms with Crippen molar-refractivity contribution in [3.63, 3.8) is 0 Å². The molecule has 0 saturated heterocycles. The standard InChI is InChI=1S/C23H28BrClN2O3/c1-4-16(3)26-23(29)20(5-2)27(14-17-9-7-6-8-10-17)22(28)15-30-21-12-11-18(24)13-19(21)25/h6-13,16,20H,4-5,14-15H2,1-3H3,(H,26,29)/t16-,20-/m1/s1. The van der Waals surface area contributed by atoms with E-state index in [2.05, 4.69) is 21.2 Å². The number of hydrogen-bond donors (Lipinski definition) is 1. The minimum absolute atomic E-state index is 0.0399. The van der Waals surface area contributed by atoms with Crippen LogP contribution in [0.25, 0.3) is 0 Å². The molecule has 2 rings (SSSR count). The number of halogens is 2. The van der Waals surface area contributed by atoms with Crippen LogP contribution in [-0.4, -0.2) is 35.4 Å². The van der Waals surface area contributed by atoms with Crippen LogP contribution in [0.4, 0.5) is 0 Å². The molecule has 0 aliphatic heterocycles. The van der Waals surface area contributed by atoms with Crippen LogP contribution in [0.1, 0.15) is 39.2 Å². The molecule has 0 spiro atoms. The van der Waals surface area contributed by atoms with E-state index in [9.17, 15) is 9.59 Å². The summed E-state index contributed by atoms with van der Waals surface area (Å²) in [6.45, 7) is 5.98. The number of nitrogens with zero attached hydrogens (tertiary/aromatic N) is 1. The maximum atomic E-state index is 13.1. The van der Waals surface area contributed by atoms with Gasteiger partial charge in [-0.3, -0.25) is 9.59 Å². The fourth-order valence-electron chi connectivity index (χ4n) is 2.96. The first-order valence-corrected chi connectivity index (χ1v) is 11.2. The average molecular weight is 496 g/mol. The Balaban J connectivity index is 2.20. The topological polar surface area (TPSA) is 58.6 Å². The van der Waals surface area contributed by atoms with Crippen LogP contribution in [0.3, 0.4) is 0 Å². The van der Waals surface area contributed by atoms with Crippen molar-refractivity contribution in [1.82, 2.24) is 10.2 Å². The molecule has 2 aromatic rings. The predicted molar refractivity (Wildman–Crippen MR) is 124 cm³/mol. The van der Waals surface area contributed by atoms with Gasteiger partial charge in [-0.2, -0.15) is 0 Å². The summed E-state index contributed by atoms with van der Waals surface area (Å²) in [6.07, 6.45) is 1.32. The maximum absolute atomic E-state index is 13.1. The fraction of sp³-hybridized carbons (Fsp3) is 0.391. The molecule has 0 heterocycles. The van der Waals surface area contributed by atoms with E-state index in [1.807, 2.05) is 51.1 Å². The quantitative estimate of drug-likeness (QED) is 0.493. The van der Waals surface area contributed by atoms with Crippen LogP contribution in [0, 0.1) is 0 Å². The van der Waals surface area contributed by atoms with Gasteiger partial charge in [-0.05, 0) is 43.5 Å². The third kappa shape index (κ3) is 7.03. The predicted octanol–water partition coefficient (Wildman–Crippen LogP) is 5.20. The summed E-state index contributed by atoms with van der Waals surface area (Å²) in [6, 6.07) is 14.3. The van der Waals surface area contributed by atoms with E-state index in [0.29, 0.717) is 23.7 Å². The minimum atomic E-state index is -0.587. The van der Waals surface area contributed by atoms with Crippen molar-refractivity contribution in [2.45, 2.75) is 52.2 Å². The number of benzene rings is 2. The second-order valence-corrected chi connectivity index (χ2v) is 8.44. The first-order chi connectivity index (χ1) is 14.3. The molecule has 0 aliphatic carbocycles. The Hall–Kier alpha value is -2.05. The summed E-state index contributed by atoms with van der Waals surface area (Å²) in [5, 5.41) is 3.40. The summed E-state index contributed by atoms with van der Waals surface area (Å²) < 4.78 is 6.50. The van der Waals surface area contributed by atoms with Crippen LogP contribution < -0.4 is 10.1 Å². The second-order valence-electron chi connectivity index (χ2n) is 7.11. The van der Waals surface area contributed by atoms with Crippen molar-refractivity contribution in [2.24, 2.45) is 0 Å². The van der Waals surface area contributed by atoms with Gasteiger partial charge in [0.25, 0.3) is 5.91 Å². The number of nitrogens with one attached hydrogen (secondary N) is 1. The lowest BCUT2D eigenvalue weighted by Crippen LogP contribution is -2.51. The number of carbonyl (C=O) groups excluding carboxylic acids is 2. The zero-order valence-corrected chi connectivity index (χ0v) is 19.9. The molecule has 2 aromatic carbocycles. The first kappa shape index (κ1) is 24.2. The van der Waals surface area contributed by atoms with Crippen molar-refractivity contribution in [3.05, 3.63) is 63.6 Å². The van der Waals surface area contributed by atoms with Crippen LogP contribution >= 0.6 is 27.5 Å². The van der Waals surface area contributed by atoms with Crippen LogP contribution in [-0.2, 0) is 16.1 Å². The second kappa shape index (κ2) is 12.0. The Morgan fingerprint density at radius 2 is 1.83 bits per heavy atom. The molecule has 0 fully saturated rings. The van der Waals surface area contributed by atoms with E-state index in [1.165, 1.54) is 0 Å². The monoisotopic (exact) mass is 494 g/mol. The van der Waals surface area contributed by atoms with E-state index >= 15 is 0 Å². The van der Waals surface area contributed by atoms with Gasteiger partial charge in [-0.1, -0.05) is 71.7 Å². The summed E-state index contributed by atoms with van der Waals surface area (Å²) in [5.74, 6) is -0.00761. The van der Waals surface area contributed by atoms with Gasteiger partial charge in [-0.25, -0.2) is 0 Å². The maximum Gasteiger partial charge on any atom is 0.261 e. The molecule has 0 radical (unpaired) electrons. The Morgan fingerprint density at radius 1 is 1.13 bits per heavy atom. The van der Waals surface area contributed by atoms with Gasteiger partial charge >= 0.3 is 0 Å². The highest BCUT2D eigenvalue weighted by Gasteiger charge is 2.29. The Kier molecular flexibility index (Phi) is 9.66. The molecule has 7 heteroatoms. The SMILES string of the molecule is CC[C@@H](C)NC(=O)[C@@H](CC)N(Cc1ccccc1)C(=O)COc1ccc(Br)cc1Cl. The summed E-state index contributed by atoms with van der Waals surface area (Å²) in [4.78, 5) is 27.6. The third-order valence-electron chi connectivity index (χ3n) is 4.83. The molecule has 162 valence electrons. The van der Waals surface area contributed by atoms with Crippen LogP contribution in [0.2, 0.25) is 5.02 Å². The third-order valence-corrected chi connectivity index (χ3v) is 5.62. The van der Waals surface area contributed by atoms with Crippen LogP contribution in [0.5, 0.6) is 5.75 Å². The molecular formula is C23H28BrClN2O3. The first-order valence-electron chi connectivity index (χ1n) is 10.1. The molecule has 30 heavy (non-hydrogen) atoms. The highest BCUT2D eigenvalue weighted by atomic mass is 79.9. The highest BCUT2D eigenvalue weighted by Crippen LogP contribution is 2.27. The van der Waals surface area contributed by atoms with E-state index in [-0.39, 0.29) is 24.5 Å².